The van der Waals surface area contributed by atoms with Crippen LogP contribution in [-0.4, -0.2) is 0 Å². The Balaban J connectivity index is 1.47. The van der Waals surface area contributed by atoms with Crippen molar-refractivity contribution in [3.05, 3.63) is 143 Å². The summed E-state index contributed by atoms with van der Waals surface area (Å²) in [6.45, 7) is 7.46. The van der Waals surface area contributed by atoms with Crippen molar-refractivity contribution in [2.24, 2.45) is 0 Å². The summed E-state index contributed by atoms with van der Waals surface area (Å²) >= 11 is 0. The standard InChI is InChI=1S/C32H21N3/c1-34-32-14-8-13-30-26(23-33)21-25(22-31(30)32)16-15-24-17-19-29(20-18-24)35(27-9-4-2-5-10-27)28-11-6-3-7-12-28/h2-22H. The van der Waals surface area contributed by atoms with Crippen molar-refractivity contribution in [1.82, 2.24) is 0 Å². The molecule has 0 radical (unpaired) electrons. The molecule has 0 fully saturated rings. The number of para-hydroxylation sites is 2. The summed E-state index contributed by atoms with van der Waals surface area (Å²) in [6, 6.07) is 40.6. The molecule has 164 valence electrons. The second-order valence-electron chi connectivity index (χ2n) is 8.10. The molecule has 3 heteroatoms. The van der Waals surface area contributed by atoms with E-state index < -0.39 is 0 Å². The minimum atomic E-state index is 0.556. The van der Waals surface area contributed by atoms with Crippen LogP contribution < -0.4 is 4.90 Å². The summed E-state index contributed by atoms with van der Waals surface area (Å²) in [4.78, 5) is 5.85. The molecule has 5 aromatic rings. The highest BCUT2D eigenvalue weighted by atomic mass is 15.1. The molecule has 0 N–H and O–H groups in total. The molecular formula is C32H21N3. The molecule has 5 aromatic carbocycles. The Bertz CT molecular complexity index is 1550. The van der Waals surface area contributed by atoms with E-state index in [2.05, 4.69) is 64.3 Å². The Morgan fingerprint density at radius 3 is 1.83 bits per heavy atom. The van der Waals surface area contributed by atoms with Crippen LogP contribution in [-0.2, 0) is 0 Å². The predicted molar refractivity (Wildman–Crippen MR) is 145 cm³/mol. The molecule has 0 aromatic heterocycles. The van der Waals surface area contributed by atoms with Crippen LogP contribution in [0.5, 0.6) is 0 Å². The van der Waals surface area contributed by atoms with Crippen LogP contribution in [0.4, 0.5) is 22.7 Å². The third-order valence-electron chi connectivity index (χ3n) is 5.88. The summed E-state index contributed by atoms with van der Waals surface area (Å²) in [7, 11) is 0. The Morgan fingerprint density at radius 2 is 1.23 bits per heavy atom. The van der Waals surface area contributed by atoms with Gasteiger partial charge in [-0.3, -0.25) is 0 Å². The van der Waals surface area contributed by atoms with Gasteiger partial charge in [-0.05, 0) is 64.4 Å². The average molecular weight is 448 g/mol. The van der Waals surface area contributed by atoms with Gasteiger partial charge in [0.05, 0.1) is 18.2 Å². The first kappa shape index (κ1) is 21.7. The summed E-state index contributed by atoms with van der Waals surface area (Å²) in [5, 5.41) is 11.2. The molecule has 0 saturated carbocycles. The third kappa shape index (κ3) is 4.53. The van der Waals surface area contributed by atoms with Gasteiger partial charge in [0, 0.05) is 17.1 Å². The van der Waals surface area contributed by atoms with Crippen LogP contribution in [0, 0.1) is 17.9 Å². The van der Waals surface area contributed by atoms with Crippen LogP contribution in [0.2, 0.25) is 0 Å². The van der Waals surface area contributed by atoms with Crippen molar-refractivity contribution in [2.75, 3.05) is 4.90 Å². The Kier molecular flexibility index (Phi) is 6.07. The zero-order valence-corrected chi connectivity index (χ0v) is 19.0. The summed E-state index contributed by atoms with van der Waals surface area (Å²) in [5.41, 5.74) is 6.33. The fourth-order valence-electron chi connectivity index (χ4n) is 4.21. The lowest BCUT2D eigenvalue weighted by molar-refractivity contribution is 1.28. The zero-order valence-electron chi connectivity index (χ0n) is 19.0. The molecule has 0 aliphatic rings. The third-order valence-corrected chi connectivity index (χ3v) is 5.88. The van der Waals surface area contributed by atoms with Gasteiger partial charge < -0.3 is 4.90 Å². The molecule has 0 spiro atoms. The van der Waals surface area contributed by atoms with Crippen molar-refractivity contribution in [3.8, 4) is 6.07 Å². The number of rotatable bonds is 5. The van der Waals surface area contributed by atoms with Gasteiger partial charge in [0.25, 0.3) is 0 Å². The van der Waals surface area contributed by atoms with E-state index in [0.717, 1.165) is 39.0 Å². The number of benzene rings is 5. The normalized spacial score (nSPS) is 10.7. The fourth-order valence-corrected chi connectivity index (χ4v) is 4.21. The fraction of sp³-hybridized carbons (Fsp3) is 0. The highest BCUT2D eigenvalue weighted by Crippen LogP contribution is 2.34. The number of hydrogen-bond donors (Lipinski definition) is 0. The van der Waals surface area contributed by atoms with Crippen LogP contribution in [0.25, 0.3) is 27.8 Å². The maximum absolute atomic E-state index is 9.62. The maximum Gasteiger partial charge on any atom is 0.194 e. The van der Waals surface area contributed by atoms with E-state index in [1.807, 2.05) is 72.8 Å². The maximum atomic E-state index is 9.62. The summed E-state index contributed by atoms with van der Waals surface area (Å²) in [5.74, 6) is 0. The molecule has 0 saturated heterocycles. The molecule has 5 rings (SSSR count). The summed E-state index contributed by atoms with van der Waals surface area (Å²) in [6.07, 6.45) is 4.02. The van der Waals surface area contributed by atoms with E-state index in [1.165, 1.54) is 0 Å². The number of nitrogens with zero attached hydrogens (tertiary/aromatic N) is 3. The highest BCUT2D eigenvalue weighted by Gasteiger charge is 2.11. The molecule has 35 heavy (non-hydrogen) atoms. The molecule has 0 atom stereocenters. The lowest BCUT2D eigenvalue weighted by atomic mass is 9.99. The predicted octanol–water partition coefficient (Wildman–Crippen LogP) is 8.90. The lowest BCUT2D eigenvalue weighted by Crippen LogP contribution is -2.09. The smallest absolute Gasteiger partial charge is 0.194 e. The first-order chi connectivity index (χ1) is 17.3. The first-order valence-electron chi connectivity index (χ1n) is 11.3. The first-order valence-corrected chi connectivity index (χ1v) is 11.3. The molecule has 3 nitrogen and oxygen atoms in total. The van der Waals surface area contributed by atoms with E-state index in [-0.39, 0.29) is 0 Å². The SMILES string of the molecule is [C-]#[N+]c1cccc2c(C#N)cc(C=Cc3ccc(N(c4ccccc4)c4ccccc4)cc3)cc12. The van der Waals surface area contributed by atoms with Crippen LogP contribution in [0.1, 0.15) is 16.7 Å². The van der Waals surface area contributed by atoms with Gasteiger partial charge in [-0.1, -0.05) is 84.9 Å². The van der Waals surface area contributed by atoms with E-state index in [4.69, 9.17) is 6.57 Å². The molecule has 0 aliphatic carbocycles. The molecular weight excluding hydrogens is 426 g/mol. The number of hydrogen-bond acceptors (Lipinski definition) is 2. The average Bonchev–Trinajstić information content (AvgIpc) is 2.93. The largest absolute Gasteiger partial charge is 0.311 e. The molecule has 0 unspecified atom stereocenters. The van der Waals surface area contributed by atoms with Crippen molar-refractivity contribution in [2.45, 2.75) is 0 Å². The minimum Gasteiger partial charge on any atom is -0.311 e. The van der Waals surface area contributed by atoms with Crippen LogP contribution in [0.15, 0.2) is 115 Å². The molecule has 0 heterocycles. The van der Waals surface area contributed by atoms with Crippen molar-refractivity contribution < 1.29 is 0 Å². The van der Waals surface area contributed by atoms with Crippen LogP contribution in [0.3, 0.4) is 0 Å². The minimum absolute atomic E-state index is 0.556. The van der Waals surface area contributed by atoms with Crippen molar-refractivity contribution in [3.63, 3.8) is 0 Å². The van der Waals surface area contributed by atoms with E-state index in [0.29, 0.717) is 11.3 Å². The van der Waals surface area contributed by atoms with Crippen molar-refractivity contribution in [1.29, 1.82) is 5.26 Å². The monoisotopic (exact) mass is 447 g/mol. The van der Waals surface area contributed by atoms with Gasteiger partial charge >= 0.3 is 0 Å². The highest BCUT2D eigenvalue weighted by molar-refractivity contribution is 5.99. The second-order valence-corrected chi connectivity index (χ2v) is 8.10. The van der Waals surface area contributed by atoms with Gasteiger partial charge in [-0.25, -0.2) is 4.85 Å². The van der Waals surface area contributed by atoms with Gasteiger partial charge in [0.15, 0.2) is 5.69 Å². The number of nitriles is 1. The topological polar surface area (TPSA) is 31.4 Å². The van der Waals surface area contributed by atoms with Crippen LogP contribution >= 0.6 is 0 Å². The lowest BCUT2D eigenvalue weighted by Gasteiger charge is -2.25. The molecule has 0 bridgehead atoms. The van der Waals surface area contributed by atoms with Gasteiger partial charge in [0.2, 0.25) is 0 Å². The van der Waals surface area contributed by atoms with Crippen molar-refractivity contribution >= 4 is 45.7 Å². The molecule has 0 aliphatic heterocycles. The Labute approximate surface area is 205 Å². The molecule has 0 amide bonds. The Morgan fingerprint density at radius 1 is 0.629 bits per heavy atom. The summed E-state index contributed by atoms with van der Waals surface area (Å²) < 4.78 is 0. The van der Waals surface area contributed by atoms with Gasteiger partial charge in [-0.15, -0.1) is 0 Å². The zero-order chi connectivity index (χ0) is 24.0. The number of anilines is 3. The van der Waals surface area contributed by atoms with E-state index in [9.17, 15) is 5.26 Å². The van der Waals surface area contributed by atoms with Gasteiger partial charge in [0.1, 0.15) is 0 Å². The number of fused-ring (bicyclic) bond motifs is 1. The van der Waals surface area contributed by atoms with E-state index in [1.54, 1.807) is 6.07 Å². The van der Waals surface area contributed by atoms with E-state index >= 15 is 0 Å². The quantitative estimate of drug-likeness (QED) is 0.199. The Hall–Kier alpha value is -5.12. The second kappa shape index (κ2) is 9.79. The van der Waals surface area contributed by atoms with Gasteiger partial charge in [-0.2, -0.15) is 5.26 Å².